The standard InChI is InChI=1S/C12H17N3O3S/c1-8(9-5-13-6-9)12(16)15-10-3-4-11(14-7-10)19(2,17)18/h3-4,7-9,13H,5-6H2,1-2H3,(H,15,16). The average molecular weight is 283 g/mol. The minimum absolute atomic E-state index is 0.00161. The molecule has 0 radical (unpaired) electrons. The van der Waals surface area contributed by atoms with Crippen LogP contribution in [0.1, 0.15) is 6.92 Å². The molecule has 2 N–H and O–H groups in total. The van der Waals surface area contributed by atoms with E-state index in [2.05, 4.69) is 15.6 Å². The van der Waals surface area contributed by atoms with Crippen LogP contribution in [-0.2, 0) is 14.6 Å². The third kappa shape index (κ3) is 3.30. The van der Waals surface area contributed by atoms with Gasteiger partial charge in [-0.15, -0.1) is 0 Å². The summed E-state index contributed by atoms with van der Waals surface area (Å²) in [6.07, 6.45) is 2.46. The van der Waals surface area contributed by atoms with Crippen LogP contribution >= 0.6 is 0 Å². The van der Waals surface area contributed by atoms with Gasteiger partial charge in [-0.25, -0.2) is 13.4 Å². The fourth-order valence-corrected chi connectivity index (χ4v) is 2.37. The van der Waals surface area contributed by atoms with Crippen LogP contribution in [0.2, 0.25) is 0 Å². The summed E-state index contributed by atoms with van der Waals surface area (Å²) in [5, 5.41) is 5.87. The smallest absolute Gasteiger partial charge is 0.227 e. The fraction of sp³-hybridized carbons (Fsp3) is 0.500. The maximum absolute atomic E-state index is 11.9. The molecule has 1 saturated heterocycles. The highest BCUT2D eigenvalue weighted by atomic mass is 32.2. The highest BCUT2D eigenvalue weighted by Crippen LogP contribution is 2.18. The van der Waals surface area contributed by atoms with Gasteiger partial charge in [-0.2, -0.15) is 0 Å². The van der Waals surface area contributed by atoms with E-state index in [0.717, 1.165) is 19.3 Å². The highest BCUT2D eigenvalue weighted by Gasteiger charge is 2.28. The summed E-state index contributed by atoms with van der Waals surface area (Å²) in [6, 6.07) is 2.94. The number of sulfone groups is 1. The summed E-state index contributed by atoms with van der Waals surface area (Å²) in [5.41, 5.74) is 0.511. The Labute approximate surface area is 112 Å². The summed E-state index contributed by atoms with van der Waals surface area (Å²) in [7, 11) is -3.30. The number of nitrogens with one attached hydrogen (secondary N) is 2. The van der Waals surface area contributed by atoms with Gasteiger partial charge in [0.1, 0.15) is 0 Å². The molecule has 2 rings (SSSR count). The molecule has 104 valence electrons. The van der Waals surface area contributed by atoms with Gasteiger partial charge in [-0.1, -0.05) is 6.92 Å². The van der Waals surface area contributed by atoms with Gasteiger partial charge in [0, 0.05) is 12.2 Å². The van der Waals surface area contributed by atoms with E-state index in [1.165, 1.54) is 12.3 Å². The molecule has 1 aromatic rings. The topological polar surface area (TPSA) is 88.2 Å². The van der Waals surface area contributed by atoms with Gasteiger partial charge in [-0.05, 0) is 31.1 Å². The van der Waals surface area contributed by atoms with Crippen LogP contribution in [0.25, 0.3) is 0 Å². The van der Waals surface area contributed by atoms with Gasteiger partial charge < -0.3 is 10.6 Å². The molecule has 0 spiro atoms. The zero-order chi connectivity index (χ0) is 14.0. The number of hydrogen-bond acceptors (Lipinski definition) is 5. The van der Waals surface area contributed by atoms with Gasteiger partial charge in [0.15, 0.2) is 14.9 Å². The molecule has 1 amide bonds. The number of carbonyl (C=O) groups is 1. The minimum Gasteiger partial charge on any atom is -0.324 e. The van der Waals surface area contributed by atoms with E-state index in [1.807, 2.05) is 6.92 Å². The Balaban J connectivity index is 2.01. The van der Waals surface area contributed by atoms with Crippen molar-refractivity contribution in [3.05, 3.63) is 18.3 Å². The first kappa shape index (κ1) is 14.0. The van der Waals surface area contributed by atoms with Crippen LogP contribution in [0.5, 0.6) is 0 Å². The third-order valence-electron chi connectivity index (χ3n) is 3.32. The SMILES string of the molecule is CC(C(=O)Nc1ccc(S(C)(=O)=O)nc1)C1CNC1. The molecule has 1 aromatic heterocycles. The van der Waals surface area contributed by atoms with Crippen molar-refractivity contribution in [2.45, 2.75) is 11.9 Å². The van der Waals surface area contributed by atoms with E-state index < -0.39 is 9.84 Å². The molecule has 1 fully saturated rings. The molecule has 1 atom stereocenters. The second kappa shape index (κ2) is 5.26. The predicted octanol–water partition coefficient (Wildman–Crippen LogP) is 0.279. The average Bonchev–Trinajstić information content (AvgIpc) is 2.26. The van der Waals surface area contributed by atoms with Crippen molar-refractivity contribution in [1.29, 1.82) is 0 Å². The molecule has 0 aliphatic carbocycles. The Morgan fingerprint density at radius 2 is 2.16 bits per heavy atom. The fourth-order valence-electron chi connectivity index (χ4n) is 1.81. The summed E-state index contributed by atoms with van der Waals surface area (Å²) in [5.74, 6) is 0.222. The lowest BCUT2D eigenvalue weighted by molar-refractivity contribution is -0.121. The van der Waals surface area contributed by atoms with Crippen LogP contribution in [0.3, 0.4) is 0 Å². The first-order valence-electron chi connectivity index (χ1n) is 6.05. The van der Waals surface area contributed by atoms with Crippen LogP contribution in [-0.4, -0.2) is 38.7 Å². The molecule has 7 heteroatoms. The number of carbonyl (C=O) groups excluding carboxylic acids is 1. The molecule has 1 unspecified atom stereocenters. The second-order valence-electron chi connectivity index (χ2n) is 4.85. The number of rotatable bonds is 4. The van der Waals surface area contributed by atoms with Crippen molar-refractivity contribution in [1.82, 2.24) is 10.3 Å². The van der Waals surface area contributed by atoms with Crippen LogP contribution in [0, 0.1) is 11.8 Å². The molecule has 0 saturated carbocycles. The largest absolute Gasteiger partial charge is 0.324 e. The number of pyridine rings is 1. The monoisotopic (exact) mass is 283 g/mol. The lowest BCUT2D eigenvalue weighted by Gasteiger charge is -2.31. The van der Waals surface area contributed by atoms with Crippen molar-refractivity contribution in [3.63, 3.8) is 0 Å². The zero-order valence-corrected chi connectivity index (χ0v) is 11.7. The Morgan fingerprint density at radius 1 is 1.47 bits per heavy atom. The van der Waals surface area contributed by atoms with Crippen molar-refractivity contribution >= 4 is 21.4 Å². The minimum atomic E-state index is -3.30. The van der Waals surface area contributed by atoms with Crippen LogP contribution in [0.4, 0.5) is 5.69 Å². The van der Waals surface area contributed by atoms with Gasteiger partial charge in [0.05, 0.1) is 11.9 Å². The molecule has 0 bridgehead atoms. The summed E-state index contributed by atoms with van der Waals surface area (Å²) >= 11 is 0. The molecule has 19 heavy (non-hydrogen) atoms. The molecule has 0 aromatic carbocycles. The summed E-state index contributed by atoms with van der Waals surface area (Å²) in [4.78, 5) is 15.8. The lowest BCUT2D eigenvalue weighted by Crippen LogP contribution is -2.48. The van der Waals surface area contributed by atoms with Crippen molar-refractivity contribution < 1.29 is 13.2 Å². The first-order valence-corrected chi connectivity index (χ1v) is 7.95. The Bertz CT molecular complexity index is 564. The number of amides is 1. The maximum Gasteiger partial charge on any atom is 0.227 e. The third-order valence-corrected chi connectivity index (χ3v) is 4.32. The maximum atomic E-state index is 11.9. The summed E-state index contributed by atoms with van der Waals surface area (Å²) < 4.78 is 22.5. The van der Waals surface area contributed by atoms with Gasteiger partial charge >= 0.3 is 0 Å². The summed E-state index contributed by atoms with van der Waals surface area (Å²) in [6.45, 7) is 3.61. The zero-order valence-electron chi connectivity index (χ0n) is 10.9. The quantitative estimate of drug-likeness (QED) is 0.828. The Morgan fingerprint density at radius 3 is 2.58 bits per heavy atom. The van der Waals surface area contributed by atoms with E-state index >= 15 is 0 Å². The molecule has 2 heterocycles. The number of anilines is 1. The van der Waals surface area contributed by atoms with Crippen molar-refractivity contribution in [3.8, 4) is 0 Å². The van der Waals surface area contributed by atoms with E-state index in [-0.39, 0.29) is 16.9 Å². The predicted molar refractivity (Wildman–Crippen MR) is 71.5 cm³/mol. The van der Waals surface area contributed by atoms with E-state index in [4.69, 9.17) is 0 Å². The Hall–Kier alpha value is -1.47. The van der Waals surface area contributed by atoms with Crippen molar-refractivity contribution in [2.75, 3.05) is 24.7 Å². The van der Waals surface area contributed by atoms with Gasteiger partial charge in [0.25, 0.3) is 0 Å². The molecular weight excluding hydrogens is 266 g/mol. The van der Waals surface area contributed by atoms with E-state index in [9.17, 15) is 13.2 Å². The van der Waals surface area contributed by atoms with Gasteiger partial charge in [-0.3, -0.25) is 4.79 Å². The Kier molecular flexibility index (Phi) is 3.86. The van der Waals surface area contributed by atoms with Gasteiger partial charge in [0.2, 0.25) is 5.91 Å². The molecule has 1 aliphatic rings. The van der Waals surface area contributed by atoms with E-state index in [0.29, 0.717) is 11.6 Å². The molecule has 6 nitrogen and oxygen atoms in total. The number of nitrogens with zero attached hydrogens (tertiary/aromatic N) is 1. The highest BCUT2D eigenvalue weighted by molar-refractivity contribution is 7.90. The lowest BCUT2D eigenvalue weighted by atomic mass is 9.88. The normalized spacial score (nSPS) is 17.6. The van der Waals surface area contributed by atoms with E-state index in [1.54, 1.807) is 6.07 Å². The first-order chi connectivity index (χ1) is 8.88. The van der Waals surface area contributed by atoms with Crippen LogP contribution < -0.4 is 10.6 Å². The number of hydrogen-bond donors (Lipinski definition) is 2. The molecule has 1 aliphatic heterocycles. The molecular formula is C12H17N3O3S. The van der Waals surface area contributed by atoms with Crippen molar-refractivity contribution in [2.24, 2.45) is 11.8 Å². The second-order valence-corrected chi connectivity index (χ2v) is 6.82. The van der Waals surface area contributed by atoms with Crippen LogP contribution in [0.15, 0.2) is 23.4 Å². The number of aromatic nitrogens is 1.